The van der Waals surface area contributed by atoms with Gasteiger partial charge < -0.3 is 10.6 Å². The third-order valence-electron chi connectivity index (χ3n) is 2.59. The maximum Gasteiger partial charge on any atom is 0.133 e. The number of hydrogen-bond donors (Lipinski definition) is 2. The van der Waals surface area contributed by atoms with Crippen LogP contribution in [0.4, 0.5) is 23.3 Å². The molecule has 0 saturated heterocycles. The summed E-state index contributed by atoms with van der Waals surface area (Å²) in [5, 5.41) is 6.29. The first-order valence-corrected chi connectivity index (χ1v) is 6.23. The van der Waals surface area contributed by atoms with Gasteiger partial charge in [-0.3, -0.25) is 0 Å². The minimum absolute atomic E-state index is 0.727. The molecule has 0 aliphatic rings. The second-order valence-corrected chi connectivity index (χ2v) is 4.09. The fourth-order valence-electron chi connectivity index (χ4n) is 1.71. The lowest BCUT2D eigenvalue weighted by Gasteiger charge is -2.08. The third kappa shape index (κ3) is 3.08. The number of nitrogens with one attached hydrogen (secondary N) is 2. The lowest BCUT2D eigenvalue weighted by atomic mass is 10.4. The zero-order valence-electron chi connectivity index (χ0n) is 10.7. The Morgan fingerprint density at radius 3 is 1.50 bits per heavy atom. The van der Waals surface area contributed by atoms with E-state index in [0.29, 0.717) is 0 Å². The number of hydrogen-bond acceptors (Lipinski definition) is 5. The van der Waals surface area contributed by atoms with Crippen LogP contribution < -0.4 is 10.6 Å². The summed E-state index contributed by atoms with van der Waals surface area (Å²) in [6.07, 6.45) is 3.47. The van der Waals surface area contributed by atoms with Crippen LogP contribution in [0.25, 0.3) is 0 Å². The van der Waals surface area contributed by atoms with Crippen molar-refractivity contribution in [2.75, 3.05) is 10.6 Å². The van der Waals surface area contributed by atoms with Gasteiger partial charge in [0.1, 0.15) is 23.3 Å². The molecule has 0 aromatic carbocycles. The lowest BCUT2D eigenvalue weighted by molar-refractivity contribution is 1.23. The molecule has 0 spiro atoms. The third-order valence-corrected chi connectivity index (χ3v) is 2.59. The van der Waals surface area contributed by atoms with Crippen LogP contribution in [0.15, 0.2) is 67.0 Å². The Bertz CT molecular complexity index is 613. The lowest BCUT2D eigenvalue weighted by Crippen LogP contribution is -1.99. The zero-order chi connectivity index (χ0) is 13.6. The highest BCUT2D eigenvalue weighted by atomic mass is 15.1. The molecule has 0 aliphatic carbocycles. The Labute approximate surface area is 116 Å². The number of anilines is 4. The van der Waals surface area contributed by atoms with E-state index in [0.717, 1.165) is 23.3 Å². The van der Waals surface area contributed by atoms with Crippen LogP contribution >= 0.6 is 0 Å². The van der Waals surface area contributed by atoms with Gasteiger partial charge in [-0.05, 0) is 36.4 Å². The molecule has 0 radical (unpaired) electrons. The Kier molecular flexibility index (Phi) is 3.51. The molecule has 3 aromatic rings. The van der Waals surface area contributed by atoms with Gasteiger partial charge in [-0.2, -0.15) is 0 Å². The summed E-state index contributed by atoms with van der Waals surface area (Å²) < 4.78 is 0. The highest BCUT2D eigenvalue weighted by Gasteiger charge is 2.00. The molecule has 3 heterocycles. The molecule has 0 saturated carbocycles. The summed E-state index contributed by atoms with van der Waals surface area (Å²) in [5.74, 6) is 2.97. The summed E-state index contributed by atoms with van der Waals surface area (Å²) in [5.41, 5.74) is 0. The van der Waals surface area contributed by atoms with Gasteiger partial charge in [0.2, 0.25) is 0 Å². The maximum absolute atomic E-state index is 4.46. The van der Waals surface area contributed by atoms with Gasteiger partial charge in [0, 0.05) is 12.4 Å². The molecule has 98 valence electrons. The van der Waals surface area contributed by atoms with Gasteiger partial charge in [0.15, 0.2) is 0 Å². The summed E-state index contributed by atoms with van der Waals surface area (Å²) >= 11 is 0. The van der Waals surface area contributed by atoms with Crippen molar-refractivity contribution in [2.45, 2.75) is 0 Å². The molecule has 3 aromatic heterocycles. The molecule has 2 N–H and O–H groups in total. The molecule has 0 atom stereocenters. The van der Waals surface area contributed by atoms with Crippen molar-refractivity contribution < 1.29 is 0 Å². The maximum atomic E-state index is 4.46. The van der Waals surface area contributed by atoms with Gasteiger partial charge in [-0.15, -0.1) is 0 Å². The largest absolute Gasteiger partial charge is 0.325 e. The van der Waals surface area contributed by atoms with Crippen molar-refractivity contribution in [1.82, 2.24) is 15.0 Å². The molecular weight excluding hydrogens is 250 g/mol. The van der Waals surface area contributed by atoms with Crippen LogP contribution in [0.5, 0.6) is 0 Å². The van der Waals surface area contributed by atoms with Crippen LogP contribution in [0.2, 0.25) is 0 Å². The molecule has 0 fully saturated rings. The SMILES string of the molecule is c1ccc(Nc2cccc(Nc3ccccn3)n2)nc1. The first-order valence-electron chi connectivity index (χ1n) is 6.23. The smallest absolute Gasteiger partial charge is 0.133 e. The predicted molar refractivity (Wildman–Crippen MR) is 79.3 cm³/mol. The minimum atomic E-state index is 0.727. The van der Waals surface area contributed by atoms with E-state index in [-0.39, 0.29) is 0 Å². The molecule has 5 nitrogen and oxygen atoms in total. The van der Waals surface area contributed by atoms with E-state index >= 15 is 0 Å². The van der Waals surface area contributed by atoms with Crippen LogP contribution in [0.1, 0.15) is 0 Å². The first kappa shape index (κ1) is 12.1. The molecule has 0 unspecified atom stereocenters. The predicted octanol–water partition coefficient (Wildman–Crippen LogP) is 3.36. The summed E-state index contributed by atoms with van der Waals surface area (Å²) in [7, 11) is 0. The van der Waals surface area contributed by atoms with E-state index in [4.69, 9.17) is 0 Å². The Balaban J connectivity index is 1.76. The molecule has 20 heavy (non-hydrogen) atoms. The van der Waals surface area contributed by atoms with Crippen LogP contribution in [-0.4, -0.2) is 15.0 Å². The van der Waals surface area contributed by atoms with Gasteiger partial charge in [0.25, 0.3) is 0 Å². The number of aromatic nitrogens is 3. The molecular formula is C15H13N5. The van der Waals surface area contributed by atoms with Gasteiger partial charge in [-0.1, -0.05) is 18.2 Å². The molecule has 0 bridgehead atoms. The van der Waals surface area contributed by atoms with E-state index < -0.39 is 0 Å². The van der Waals surface area contributed by atoms with Crippen LogP contribution in [0.3, 0.4) is 0 Å². The topological polar surface area (TPSA) is 62.7 Å². The normalized spacial score (nSPS) is 10.0. The monoisotopic (exact) mass is 263 g/mol. The zero-order valence-corrected chi connectivity index (χ0v) is 10.7. The molecule has 0 aliphatic heterocycles. The number of pyridine rings is 3. The molecule has 3 rings (SSSR count). The minimum Gasteiger partial charge on any atom is -0.325 e. The number of nitrogens with zero attached hydrogens (tertiary/aromatic N) is 3. The van der Waals surface area contributed by atoms with Crippen molar-refractivity contribution in [3.05, 3.63) is 67.0 Å². The summed E-state index contributed by atoms with van der Waals surface area (Å²) in [4.78, 5) is 12.9. The van der Waals surface area contributed by atoms with E-state index in [2.05, 4.69) is 25.6 Å². The van der Waals surface area contributed by atoms with Crippen LogP contribution in [0, 0.1) is 0 Å². The van der Waals surface area contributed by atoms with Gasteiger partial charge in [0.05, 0.1) is 0 Å². The second kappa shape index (κ2) is 5.79. The van der Waals surface area contributed by atoms with Crippen molar-refractivity contribution >= 4 is 23.3 Å². The average Bonchev–Trinajstić information content (AvgIpc) is 2.50. The Hall–Kier alpha value is -2.95. The van der Waals surface area contributed by atoms with Gasteiger partial charge >= 0.3 is 0 Å². The highest BCUT2D eigenvalue weighted by Crippen LogP contribution is 2.16. The van der Waals surface area contributed by atoms with E-state index in [1.165, 1.54) is 0 Å². The van der Waals surface area contributed by atoms with Crippen molar-refractivity contribution in [1.29, 1.82) is 0 Å². The Morgan fingerprint density at radius 2 is 1.05 bits per heavy atom. The quantitative estimate of drug-likeness (QED) is 0.755. The molecule has 0 amide bonds. The van der Waals surface area contributed by atoms with Crippen molar-refractivity contribution in [3.8, 4) is 0 Å². The standard InChI is InChI=1S/C15H13N5/c1-3-10-16-12(6-1)18-14-8-5-9-15(20-14)19-13-7-2-4-11-17-13/h1-11H,(H2,16,17,18,19,20). The van der Waals surface area contributed by atoms with Crippen LogP contribution in [-0.2, 0) is 0 Å². The molecule has 5 heteroatoms. The highest BCUT2D eigenvalue weighted by molar-refractivity contribution is 5.57. The van der Waals surface area contributed by atoms with Gasteiger partial charge in [-0.25, -0.2) is 15.0 Å². The Morgan fingerprint density at radius 1 is 0.550 bits per heavy atom. The summed E-state index contributed by atoms with van der Waals surface area (Å²) in [6.45, 7) is 0. The summed E-state index contributed by atoms with van der Waals surface area (Å²) in [6, 6.07) is 17.1. The van der Waals surface area contributed by atoms with Crippen molar-refractivity contribution in [3.63, 3.8) is 0 Å². The average molecular weight is 263 g/mol. The van der Waals surface area contributed by atoms with Crippen molar-refractivity contribution in [2.24, 2.45) is 0 Å². The van der Waals surface area contributed by atoms with E-state index in [9.17, 15) is 0 Å². The fourth-order valence-corrected chi connectivity index (χ4v) is 1.71. The fraction of sp³-hybridized carbons (Fsp3) is 0. The van der Waals surface area contributed by atoms with E-state index in [1.807, 2.05) is 54.6 Å². The number of rotatable bonds is 4. The van der Waals surface area contributed by atoms with E-state index in [1.54, 1.807) is 12.4 Å². The first-order chi connectivity index (χ1) is 9.90. The second-order valence-electron chi connectivity index (χ2n) is 4.09.